The highest BCUT2D eigenvalue weighted by Gasteiger charge is 2.38. The van der Waals surface area contributed by atoms with Gasteiger partial charge in [-0.05, 0) is 0 Å². The van der Waals surface area contributed by atoms with Gasteiger partial charge in [-0.3, -0.25) is 4.79 Å². The van der Waals surface area contributed by atoms with Crippen LogP contribution in [0.2, 0.25) is 0 Å². The van der Waals surface area contributed by atoms with Crippen molar-refractivity contribution < 1.29 is 19.4 Å². The second-order valence-electron chi connectivity index (χ2n) is 4.15. The molecule has 0 radical (unpaired) electrons. The van der Waals surface area contributed by atoms with Crippen LogP contribution in [0.1, 0.15) is 6.42 Å². The van der Waals surface area contributed by atoms with Gasteiger partial charge in [-0.1, -0.05) is 0 Å². The molecular weight excluding hydrogens is 212 g/mol. The molecule has 1 heterocycles. The fourth-order valence-corrected chi connectivity index (χ4v) is 1.76. The zero-order chi connectivity index (χ0) is 12.0. The van der Waals surface area contributed by atoms with E-state index in [1.54, 1.807) is 14.2 Å². The molecule has 0 aromatic rings. The van der Waals surface area contributed by atoms with Crippen LogP contribution in [-0.2, 0) is 14.3 Å². The minimum absolute atomic E-state index is 0.0451. The third-order valence-electron chi connectivity index (χ3n) is 2.81. The lowest BCUT2D eigenvalue weighted by molar-refractivity contribution is -0.139. The molecule has 0 aromatic carbocycles. The molecule has 3 N–H and O–H groups in total. The Kier molecular flexibility index (Phi) is 5.14. The minimum atomic E-state index is -0.783. The van der Waals surface area contributed by atoms with Crippen molar-refractivity contribution in [2.45, 2.75) is 18.1 Å². The molecule has 1 unspecified atom stereocenters. The molecule has 0 aliphatic carbocycles. The Morgan fingerprint density at radius 1 is 1.56 bits per heavy atom. The number of hydrogen-bond donors (Lipinski definition) is 3. The van der Waals surface area contributed by atoms with E-state index < -0.39 is 5.97 Å². The molecule has 6 nitrogen and oxygen atoms in total. The first-order valence-corrected chi connectivity index (χ1v) is 5.31. The summed E-state index contributed by atoms with van der Waals surface area (Å²) < 4.78 is 10.2. The summed E-state index contributed by atoms with van der Waals surface area (Å²) in [7, 11) is 3.23. The van der Waals surface area contributed by atoms with E-state index in [1.165, 1.54) is 0 Å². The zero-order valence-corrected chi connectivity index (χ0v) is 9.78. The number of carboxylic acid groups (broad SMARTS) is 1. The van der Waals surface area contributed by atoms with Gasteiger partial charge in [0.25, 0.3) is 0 Å². The standard InChI is InChI=1S/C10H20N2O4/c1-15-5-8(16-2)4-12-10(3-9(13)14)6-11-7-10/h8,11-12H,3-7H2,1-2H3,(H,13,14). The zero-order valence-electron chi connectivity index (χ0n) is 9.78. The van der Waals surface area contributed by atoms with E-state index in [9.17, 15) is 4.79 Å². The second-order valence-corrected chi connectivity index (χ2v) is 4.15. The monoisotopic (exact) mass is 232 g/mol. The molecule has 0 bridgehead atoms. The summed E-state index contributed by atoms with van der Waals surface area (Å²) in [5.41, 5.74) is -0.323. The Morgan fingerprint density at radius 2 is 2.25 bits per heavy atom. The molecule has 94 valence electrons. The number of carbonyl (C=O) groups is 1. The summed E-state index contributed by atoms with van der Waals surface area (Å²) >= 11 is 0. The molecule has 0 amide bonds. The van der Waals surface area contributed by atoms with Crippen molar-refractivity contribution in [1.29, 1.82) is 0 Å². The lowest BCUT2D eigenvalue weighted by Crippen LogP contribution is -2.69. The van der Waals surface area contributed by atoms with Gasteiger partial charge in [0, 0.05) is 33.9 Å². The van der Waals surface area contributed by atoms with Gasteiger partial charge < -0.3 is 25.2 Å². The molecular formula is C10H20N2O4. The molecule has 6 heteroatoms. The summed E-state index contributed by atoms with van der Waals surface area (Å²) in [5.74, 6) is -0.783. The van der Waals surface area contributed by atoms with Crippen LogP contribution in [0.3, 0.4) is 0 Å². The summed E-state index contributed by atoms with van der Waals surface area (Å²) in [6.45, 7) is 2.46. The van der Waals surface area contributed by atoms with Gasteiger partial charge in [0.05, 0.1) is 24.7 Å². The summed E-state index contributed by atoms with van der Waals surface area (Å²) in [6, 6.07) is 0. The number of nitrogens with one attached hydrogen (secondary N) is 2. The fraction of sp³-hybridized carbons (Fsp3) is 0.900. The molecule has 1 aliphatic rings. The van der Waals surface area contributed by atoms with E-state index in [1.807, 2.05) is 0 Å². The fourth-order valence-electron chi connectivity index (χ4n) is 1.76. The number of aliphatic carboxylic acids is 1. The van der Waals surface area contributed by atoms with E-state index in [4.69, 9.17) is 14.6 Å². The highest BCUT2D eigenvalue weighted by atomic mass is 16.5. The average Bonchev–Trinajstić information content (AvgIpc) is 2.19. The number of hydrogen-bond acceptors (Lipinski definition) is 5. The maximum atomic E-state index is 10.7. The van der Waals surface area contributed by atoms with Crippen molar-refractivity contribution in [2.75, 3.05) is 40.5 Å². The van der Waals surface area contributed by atoms with Gasteiger partial charge in [0.2, 0.25) is 0 Å². The van der Waals surface area contributed by atoms with Gasteiger partial charge in [-0.15, -0.1) is 0 Å². The Balaban J connectivity index is 2.35. The van der Waals surface area contributed by atoms with Gasteiger partial charge >= 0.3 is 5.97 Å². The van der Waals surface area contributed by atoms with Crippen LogP contribution in [0.4, 0.5) is 0 Å². The topological polar surface area (TPSA) is 79.8 Å². The highest BCUT2D eigenvalue weighted by molar-refractivity contribution is 5.68. The van der Waals surface area contributed by atoms with Crippen LogP contribution in [0.5, 0.6) is 0 Å². The molecule has 1 saturated heterocycles. The smallest absolute Gasteiger partial charge is 0.305 e. The van der Waals surface area contributed by atoms with Crippen LogP contribution in [-0.4, -0.2) is 63.2 Å². The van der Waals surface area contributed by atoms with E-state index in [0.29, 0.717) is 26.2 Å². The maximum absolute atomic E-state index is 10.7. The predicted octanol–water partition coefficient (Wildman–Crippen LogP) is -0.946. The largest absolute Gasteiger partial charge is 0.481 e. The van der Waals surface area contributed by atoms with Crippen LogP contribution in [0.15, 0.2) is 0 Å². The highest BCUT2D eigenvalue weighted by Crippen LogP contribution is 2.15. The first-order chi connectivity index (χ1) is 7.62. The first-order valence-electron chi connectivity index (χ1n) is 5.31. The van der Waals surface area contributed by atoms with Crippen LogP contribution in [0.25, 0.3) is 0 Å². The van der Waals surface area contributed by atoms with E-state index in [0.717, 1.165) is 0 Å². The SMILES string of the molecule is COCC(CNC1(CC(=O)O)CNC1)OC. The van der Waals surface area contributed by atoms with Gasteiger partial charge in [-0.2, -0.15) is 0 Å². The van der Waals surface area contributed by atoms with Gasteiger partial charge in [0.1, 0.15) is 0 Å². The van der Waals surface area contributed by atoms with Crippen LogP contribution < -0.4 is 10.6 Å². The number of rotatable bonds is 8. The molecule has 0 aromatic heterocycles. The van der Waals surface area contributed by atoms with Crippen molar-refractivity contribution >= 4 is 5.97 Å². The number of carboxylic acids is 1. The second kappa shape index (κ2) is 6.15. The molecule has 1 rings (SSSR count). The van der Waals surface area contributed by atoms with Crippen molar-refractivity contribution in [2.24, 2.45) is 0 Å². The van der Waals surface area contributed by atoms with E-state index in [2.05, 4.69) is 10.6 Å². The maximum Gasteiger partial charge on any atom is 0.305 e. The molecule has 0 saturated carbocycles. The molecule has 1 aliphatic heterocycles. The van der Waals surface area contributed by atoms with Crippen LogP contribution >= 0.6 is 0 Å². The normalized spacial score (nSPS) is 20.1. The third-order valence-corrected chi connectivity index (χ3v) is 2.81. The van der Waals surface area contributed by atoms with E-state index >= 15 is 0 Å². The van der Waals surface area contributed by atoms with Crippen molar-refractivity contribution in [3.8, 4) is 0 Å². The summed E-state index contributed by atoms with van der Waals surface area (Å²) in [6.07, 6.45) is 0.0833. The number of methoxy groups -OCH3 is 2. The van der Waals surface area contributed by atoms with Crippen molar-refractivity contribution in [3.63, 3.8) is 0 Å². The third kappa shape index (κ3) is 3.71. The minimum Gasteiger partial charge on any atom is -0.481 e. The Hall–Kier alpha value is -0.690. The average molecular weight is 232 g/mol. The Bertz CT molecular complexity index is 231. The first kappa shape index (κ1) is 13.4. The molecule has 1 atom stereocenters. The predicted molar refractivity (Wildman–Crippen MR) is 58.5 cm³/mol. The Labute approximate surface area is 95.3 Å². The molecule has 16 heavy (non-hydrogen) atoms. The van der Waals surface area contributed by atoms with Gasteiger partial charge in [-0.25, -0.2) is 0 Å². The summed E-state index contributed by atoms with van der Waals surface area (Å²) in [4.78, 5) is 10.7. The summed E-state index contributed by atoms with van der Waals surface area (Å²) in [5, 5.41) is 15.2. The van der Waals surface area contributed by atoms with E-state index in [-0.39, 0.29) is 18.1 Å². The van der Waals surface area contributed by atoms with Gasteiger partial charge in [0.15, 0.2) is 0 Å². The van der Waals surface area contributed by atoms with Crippen molar-refractivity contribution in [3.05, 3.63) is 0 Å². The lowest BCUT2D eigenvalue weighted by atomic mass is 9.88. The Morgan fingerprint density at radius 3 is 2.62 bits per heavy atom. The number of ether oxygens (including phenoxy) is 2. The quantitative estimate of drug-likeness (QED) is 0.501. The van der Waals surface area contributed by atoms with Crippen LogP contribution in [0, 0.1) is 0 Å². The lowest BCUT2D eigenvalue weighted by Gasteiger charge is -2.43. The molecule has 0 spiro atoms. The van der Waals surface area contributed by atoms with Crippen molar-refractivity contribution in [1.82, 2.24) is 10.6 Å². The molecule has 1 fully saturated rings.